The van der Waals surface area contributed by atoms with Gasteiger partial charge in [0.05, 0.1) is 23.1 Å². The molecule has 2 aromatic carbocycles. The highest BCUT2D eigenvalue weighted by atomic mass is 16.6. The number of hydrogen-bond donors (Lipinski definition) is 2. The minimum atomic E-state index is -0.735. The molecule has 0 radical (unpaired) electrons. The fraction of sp³-hybridized carbons (Fsp3) is 0.100. The van der Waals surface area contributed by atoms with Crippen molar-refractivity contribution in [3.05, 3.63) is 86.2 Å². The molecule has 1 aromatic heterocycles. The molecule has 3 rings (SSSR count). The number of pyridine rings is 1. The van der Waals surface area contributed by atoms with E-state index in [0.29, 0.717) is 11.1 Å². The van der Waals surface area contributed by atoms with Crippen molar-refractivity contribution in [3.63, 3.8) is 0 Å². The number of fused-ring (bicyclic) bond motifs is 1. The monoisotopic (exact) mass is 377 g/mol. The number of alkyl carbamates (subject to hydrolysis) is 1. The molecule has 1 heterocycles. The second kappa shape index (κ2) is 8.51. The third kappa shape index (κ3) is 4.53. The minimum Gasteiger partial charge on any atom is -0.445 e. The lowest BCUT2D eigenvalue weighted by Gasteiger charge is -2.04. The van der Waals surface area contributed by atoms with Crippen LogP contribution in [0.5, 0.6) is 0 Å². The second-order valence-corrected chi connectivity index (χ2v) is 5.74. The van der Waals surface area contributed by atoms with Gasteiger partial charge in [0.1, 0.15) is 6.61 Å². The molecule has 28 heavy (non-hydrogen) atoms. The zero-order chi connectivity index (χ0) is 19.9. The van der Waals surface area contributed by atoms with Crippen LogP contribution < -0.4 is 10.7 Å². The molecule has 1 amide bonds. The van der Waals surface area contributed by atoms with E-state index in [1.54, 1.807) is 12.1 Å². The van der Waals surface area contributed by atoms with Crippen LogP contribution in [0.3, 0.4) is 0 Å². The van der Waals surface area contributed by atoms with Gasteiger partial charge in [-0.15, -0.1) is 0 Å². The van der Waals surface area contributed by atoms with E-state index in [2.05, 4.69) is 22.1 Å². The van der Waals surface area contributed by atoms with Gasteiger partial charge in [0, 0.05) is 11.1 Å². The Morgan fingerprint density at radius 1 is 1.21 bits per heavy atom. The van der Waals surface area contributed by atoms with Crippen LogP contribution in [0.25, 0.3) is 10.9 Å². The Morgan fingerprint density at radius 2 is 2.00 bits per heavy atom. The first-order chi connectivity index (χ1) is 13.5. The van der Waals surface area contributed by atoms with Crippen LogP contribution in [0, 0.1) is 22.0 Å². The standard InChI is InChI=1S/C20H15N3O5/c24-19-16-11-14(8-9-17(16)22-12-18(19)23(26)27)7-4-10-21-20(25)28-13-15-5-2-1-3-6-15/h1-3,5-6,8-9,11-12H,10,13H2,(H,21,25)(H,22,24). The summed E-state index contributed by atoms with van der Waals surface area (Å²) in [7, 11) is 0. The highest BCUT2D eigenvalue weighted by molar-refractivity contribution is 5.81. The molecule has 0 aliphatic carbocycles. The third-order valence-electron chi connectivity index (χ3n) is 3.82. The predicted octanol–water partition coefficient (Wildman–Crippen LogP) is 2.71. The van der Waals surface area contributed by atoms with Crippen LogP contribution in [0.2, 0.25) is 0 Å². The van der Waals surface area contributed by atoms with E-state index in [1.165, 1.54) is 6.07 Å². The number of nitro groups is 1. The number of ether oxygens (including phenoxy) is 1. The molecular formula is C20H15N3O5. The maximum absolute atomic E-state index is 12.1. The molecule has 0 atom stereocenters. The molecular weight excluding hydrogens is 362 g/mol. The van der Waals surface area contributed by atoms with E-state index in [0.717, 1.165) is 11.8 Å². The van der Waals surface area contributed by atoms with Gasteiger partial charge in [0.25, 0.3) is 5.43 Å². The summed E-state index contributed by atoms with van der Waals surface area (Å²) in [6.45, 7) is 0.212. The summed E-state index contributed by atoms with van der Waals surface area (Å²) in [6, 6.07) is 14.0. The van der Waals surface area contributed by atoms with Gasteiger partial charge in [-0.25, -0.2) is 4.79 Å². The fourth-order valence-corrected chi connectivity index (χ4v) is 2.46. The van der Waals surface area contributed by atoms with Crippen molar-refractivity contribution < 1.29 is 14.5 Å². The van der Waals surface area contributed by atoms with Crippen LogP contribution in [0.4, 0.5) is 10.5 Å². The maximum Gasteiger partial charge on any atom is 0.408 e. The number of carbonyl (C=O) groups is 1. The average Bonchev–Trinajstić information content (AvgIpc) is 2.70. The molecule has 0 bridgehead atoms. The summed E-state index contributed by atoms with van der Waals surface area (Å²) >= 11 is 0. The average molecular weight is 377 g/mol. The highest BCUT2D eigenvalue weighted by Crippen LogP contribution is 2.13. The van der Waals surface area contributed by atoms with Gasteiger partial charge < -0.3 is 15.0 Å². The van der Waals surface area contributed by atoms with E-state index >= 15 is 0 Å². The highest BCUT2D eigenvalue weighted by Gasteiger charge is 2.14. The number of carbonyl (C=O) groups excluding carboxylic acids is 1. The molecule has 3 aromatic rings. The molecule has 0 spiro atoms. The predicted molar refractivity (Wildman–Crippen MR) is 103 cm³/mol. The van der Waals surface area contributed by atoms with Crippen LogP contribution >= 0.6 is 0 Å². The first kappa shape index (κ1) is 18.7. The molecule has 8 heteroatoms. The SMILES string of the molecule is O=C(NCC#Cc1ccc2[nH]cc([N+](=O)[O-])c(=O)c2c1)OCc1ccccc1. The Labute approximate surface area is 159 Å². The second-order valence-electron chi connectivity index (χ2n) is 5.74. The number of aromatic nitrogens is 1. The van der Waals surface area contributed by atoms with E-state index in [1.807, 2.05) is 30.3 Å². The summed E-state index contributed by atoms with van der Waals surface area (Å²) in [4.78, 5) is 36.6. The van der Waals surface area contributed by atoms with E-state index in [9.17, 15) is 19.7 Å². The van der Waals surface area contributed by atoms with Crippen molar-refractivity contribution in [3.8, 4) is 11.8 Å². The number of nitrogens with zero attached hydrogens (tertiary/aromatic N) is 1. The molecule has 0 fully saturated rings. The first-order valence-electron chi connectivity index (χ1n) is 8.28. The molecule has 8 nitrogen and oxygen atoms in total. The van der Waals surface area contributed by atoms with Gasteiger partial charge >= 0.3 is 11.8 Å². The number of rotatable bonds is 4. The fourth-order valence-electron chi connectivity index (χ4n) is 2.46. The minimum absolute atomic E-state index is 0.0525. The van der Waals surface area contributed by atoms with E-state index < -0.39 is 22.1 Å². The summed E-state index contributed by atoms with van der Waals surface area (Å²) in [5.41, 5.74) is 0.645. The smallest absolute Gasteiger partial charge is 0.408 e. The molecule has 0 saturated carbocycles. The van der Waals surface area contributed by atoms with Crippen LogP contribution in [-0.4, -0.2) is 22.5 Å². The van der Waals surface area contributed by atoms with Crippen LogP contribution in [-0.2, 0) is 11.3 Å². The van der Waals surface area contributed by atoms with Crippen molar-refractivity contribution >= 4 is 22.7 Å². The summed E-state index contributed by atoms with van der Waals surface area (Å²) < 4.78 is 5.06. The van der Waals surface area contributed by atoms with Crippen molar-refractivity contribution in [2.24, 2.45) is 0 Å². The quantitative estimate of drug-likeness (QED) is 0.412. The van der Waals surface area contributed by atoms with Crippen molar-refractivity contribution in [2.45, 2.75) is 6.61 Å². The van der Waals surface area contributed by atoms with Crippen molar-refractivity contribution in [2.75, 3.05) is 6.54 Å². The number of amides is 1. The summed E-state index contributed by atoms with van der Waals surface area (Å²) in [5, 5.41) is 13.6. The van der Waals surface area contributed by atoms with Gasteiger partial charge in [-0.2, -0.15) is 0 Å². The molecule has 0 aliphatic rings. The Bertz CT molecular complexity index is 1140. The van der Waals surface area contributed by atoms with E-state index in [4.69, 9.17) is 4.74 Å². The molecule has 0 aliphatic heterocycles. The Kier molecular flexibility index (Phi) is 5.67. The number of nitrogens with one attached hydrogen (secondary N) is 2. The summed E-state index contributed by atoms with van der Waals surface area (Å²) in [5.74, 6) is 5.54. The van der Waals surface area contributed by atoms with Gasteiger partial charge in [-0.05, 0) is 23.8 Å². The number of H-pyrrole nitrogens is 1. The molecule has 2 N–H and O–H groups in total. The lowest BCUT2D eigenvalue weighted by Crippen LogP contribution is -2.24. The van der Waals surface area contributed by atoms with Crippen molar-refractivity contribution in [1.82, 2.24) is 10.3 Å². The maximum atomic E-state index is 12.1. The summed E-state index contributed by atoms with van der Waals surface area (Å²) in [6.07, 6.45) is 0.477. The van der Waals surface area contributed by atoms with Crippen molar-refractivity contribution in [1.29, 1.82) is 0 Å². The lowest BCUT2D eigenvalue weighted by atomic mass is 10.1. The van der Waals surface area contributed by atoms with Gasteiger partial charge in [-0.1, -0.05) is 42.2 Å². The zero-order valence-electron chi connectivity index (χ0n) is 14.6. The first-order valence-corrected chi connectivity index (χ1v) is 8.28. The molecule has 0 saturated heterocycles. The van der Waals surface area contributed by atoms with Crippen LogP contribution in [0.15, 0.2) is 59.5 Å². The zero-order valence-corrected chi connectivity index (χ0v) is 14.6. The van der Waals surface area contributed by atoms with Gasteiger partial charge in [0.15, 0.2) is 0 Å². The lowest BCUT2D eigenvalue weighted by molar-refractivity contribution is -0.386. The Balaban J connectivity index is 1.61. The largest absolute Gasteiger partial charge is 0.445 e. The number of benzene rings is 2. The Morgan fingerprint density at radius 3 is 2.75 bits per heavy atom. The molecule has 140 valence electrons. The third-order valence-corrected chi connectivity index (χ3v) is 3.82. The van der Waals surface area contributed by atoms with Crippen LogP contribution in [0.1, 0.15) is 11.1 Å². The Hall–Kier alpha value is -4.12. The van der Waals surface area contributed by atoms with E-state index in [-0.39, 0.29) is 18.5 Å². The number of hydrogen-bond acceptors (Lipinski definition) is 5. The van der Waals surface area contributed by atoms with Gasteiger partial charge in [0.2, 0.25) is 0 Å². The van der Waals surface area contributed by atoms with Gasteiger partial charge in [-0.3, -0.25) is 14.9 Å². The normalized spacial score (nSPS) is 10.0. The molecule has 0 unspecified atom stereocenters. The topological polar surface area (TPSA) is 114 Å². The number of aromatic amines is 1.